The van der Waals surface area contributed by atoms with Crippen molar-refractivity contribution in [3.8, 4) is 0 Å². The molecule has 1 aromatic rings. The van der Waals surface area contributed by atoms with Crippen LogP contribution < -0.4 is 0 Å². The maximum Gasteiger partial charge on any atom is 0.416 e. The molecule has 1 aromatic carbocycles. The van der Waals surface area contributed by atoms with Crippen molar-refractivity contribution in [1.82, 2.24) is 0 Å². The van der Waals surface area contributed by atoms with Gasteiger partial charge < -0.3 is 5.11 Å². The van der Waals surface area contributed by atoms with E-state index in [1.807, 2.05) is 0 Å². The fourth-order valence-electron chi connectivity index (χ4n) is 2.54. The Hall–Kier alpha value is -1.52. The van der Waals surface area contributed by atoms with E-state index >= 15 is 0 Å². The molecule has 1 aliphatic rings. The highest BCUT2D eigenvalue weighted by Crippen LogP contribution is 2.64. The number of carboxylic acid groups (broad SMARTS) is 1. The molecular weight excluding hydrogens is 245 g/mol. The van der Waals surface area contributed by atoms with Gasteiger partial charge in [-0.2, -0.15) is 13.2 Å². The monoisotopic (exact) mass is 258 g/mol. The summed E-state index contributed by atoms with van der Waals surface area (Å²) >= 11 is 0. The van der Waals surface area contributed by atoms with E-state index in [0.29, 0.717) is 12.0 Å². The van der Waals surface area contributed by atoms with E-state index in [4.69, 9.17) is 0 Å². The van der Waals surface area contributed by atoms with Gasteiger partial charge in [0.2, 0.25) is 0 Å². The molecule has 1 saturated carbocycles. The fraction of sp³-hybridized carbons (Fsp3) is 0.462. The lowest BCUT2D eigenvalue weighted by molar-refractivity contribution is -0.141. The van der Waals surface area contributed by atoms with Crippen LogP contribution in [-0.4, -0.2) is 11.1 Å². The number of benzene rings is 1. The quantitative estimate of drug-likeness (QED) is 0.882. The van der Waals surface area contributed by atoms with E-state index in [1.165, 1.54) is 12.1 Å². The van der Waals surface area contributed by atoms with Gasteiger partial charge in [0, 0.05) is 0 Å². The average Bonchev–Trinajstić information content (AvgIpc) is 2.82. The van der Waals surface area contributed by atoms with Crippen LogP contribution in [-0.2, 0) is 16.4 Å². The van der Waals surface area contributed by atoms with E-state index < -0.39 is 28.5 Å². The van der Waals surface area contributed by atoms with Crippen molar-refractivity contribution >= 4 is 5.97 Å². The average molecular weight is 258 g/mol. The lowest BCUT2D eigenvalue weighted by atomic mass is 9.87. The van der Waals surface area contributed by atoms with Gasteiger partial charge in [-0.3, -0.25) is 4.79 Å². The Morgan fingerprint density at radius 2 is 1.67 bits per heavy atom. The summed E-state index contributed by atoms with van der Waals surface area (Å²) in [5.41, 5.74) is -1.78. The molecule has 0 aromatic heterocycles. The zero-order valence-corrected chi connectivity index (χ0v) is 10.0. The zero-order chi connectivity index (χ0) is 13.8. The standard InChI is InChI=1S/C13H13F3O2/c1-11(2)7-12(11,10(17)18)8-3-5-9(6-4-8)13(14,15)16/h3-6H,7H2,1-2H3,(H,17,18). The minimum atomic E-state index is -4.39. The summed E-state index contributed by atoms with van der Waals surface area (Å²) < 4.78 is 37.3. The first-order chi connectivity index (χ1) is 8.11. The van der Waals surface area contributed by atoms with Crippen LogP contribution >= 0.6 is 0 Å². The fourth-order valence-corrected chi connectivity index (χ4v) is 2.54. The predicted molar refractivity (Wildman–Crippen MR) is 59.2 cm³/mol. The van der Waals surface area contributed by atoms with Crippen molar-refractivity contribution in [1.29, 1.82) is 0 Å². The molecule has 1 fully saturated rings. The number of hydrogen-bond acceptors (Lipinski definition) is 1. The molecule has 2 rings (SSSR count). The molecule has 0 radical (unpaired) electrons. The third-order valence-corrected chi connectivity index (χ3v) is 3.81. The van der Waals surface area contributed by atoms with Crippen molar-refractivity contribution in [2.24, 2.45) is 5.41 Å². The van der Waals surface area contributed by atoms with E-state index in [-0.39, 0.29) is 0 Å². The summed E-state index contributed by atoms with van der Waals surface area (Å²) in [7, 11) is 0. The van der Waals surface area contributed by atoms with Crippen molar-refractivity contribution in [2.75, 3.05) is 0 Å². The number of rotatable bonds is 2. The second kappa shape index (κ2) is 3.49. The summed E-state index contributed by atoms with van der Waals surface area (Å²) in [6, 6.07) is 4.42. The van der Waals surface area contributed by atoms with Crippen molar-refractivity contribution in [2.45, 2.75) is 31.9 Å². The number of carbonyl (C=O) groups is 1. The smallest absolute Gasteiger partial charge is 0.416 e. The van der Waals surface area contributed by atoms with Gasteiger partial charge in [0.25, 0.3) is 0 Å². The highest BCUT2D eigenvalue weighted by molar-refractivity contribution is 5.87. The maximum absolute atomic E-state index is 12.4. The molecule has 1 N–H and O–H groups in total. The van der Waals surface area contributed by atoms with E-state index in [2.05, 4.69) is 0 Å². The number of carboxylic acids is 1. The van der Waals surface area contributed by atoms with Crippen LogP contribution in [0.25, 0.3) is 0 Å². The number of alkyl halides is 3. The third kappa shape index (κ3) is 1.69. The molecule has 1 aliphatic carbocycles. The Labute approximate surface area is 102 Å². The van der Waals surface area contributed by atoms with Gasteiger partial charge in [-0.25, -0.2) is 0 Å². The van der Waals surface area contributed by atoms with Crippen LogP contribution in [0.3, 0.4) is 0 Å². The minimum absolute atomic E-state index is 0.418. The number of aliphatic carboxylic acids is 1. The van der Waals surface area contributed by atoms with Crippen LogP contribution in [0.5, 0.6) is 0 Å². The van der Waals surface area contributed by atoms with Gasteiger partial charge in [0.05, 0.1) is 11.0 Å². The van der Waals surface area contributed by atoms with Crippen LogP contribution in [0.4, 0.5) is 13.2 Å². The summed E-state index contributed by atoms with van der Waals surface area (Å²) in [5, 5.41) is 9.30. The van der Waals surface area contributed by atoms with Crippen LogP contribution in [0.1, 0.15) is 31.4 Å². The minimum Gasteiger partial charge on any atom is -0.481 e. The molecule has 5 heteroatoms. The molecule has 0 saturated heterocycles. The number of hydrogen-bond donors (Lipinski definition) is 1. The van der Waals surface area contributed by atoms with Crippen molar-refractivity contribution < 1.29 is 23.1 Å². The lowest BCUT2D eigenvalue weighted by Crippen LogP contribution is -2.25. The van der Waals surface area contributed by atoms with Gasteiger partial charge >= 0.3 is 12.1 Å². The van der Waals surface area contributed by atoms with E-state index in [1.54, 1.807) is 13.8 Å². The Morgan fingerprint density at radius 3 is 1.94 bits per heavy atom. The molecule has 1 unspecified atom stereocenters. The predicted octanol–water partition coefficient (Wildman–Crippen LogP) is 3.46. The second-order valence-electron chi connectivity index (χ2n) is 5.35. The second-order valence-corrected chi connectivity index (χ2v) is 5.35. The van der Waals surface area contributed by atoms with Gasteiger partial charge in [-0.15, -0.1) is 0 Å². The molecular formula is C13H13F3O2. The molecule has 2 nitrogen and oxygen atoms in total. The third-order valence-electron chi connectivity index (χ3n) is 3.81. The molecule has 0 spiro atoms. The SMILES string of the molecule is CC1(C)CC1(C(=O)O)c1ccc(C(F)(F)F)cc1. The van der Waals surface area contributed by atoms with E-state index in [9.17, 15) is 23.1 Å². The van der Waals surface area contributed by atoms with Crippen LogP contribution in [0.2, 0.25) is 0 Å². The first-order valence-corrected chi connectivity index (χ1v) is 5.52. The molecule has 1 atom stereocenters. The van der Waals surface area contributed by atoms with Gasteiger partial charge in [0.1, 0.15) is 0 Å². The van der Waals surface area contributed by atoms with Crippen molar-refractivity contribution in [3.63, 3.8) is 0 Å². The van der Waals surface area contributed by atoms with Crippen LogP contribution in [0, 0.1) is 5.41 Å². The van der Waals surface area contributed by atoms with Gasteiger partial charge in [-0.05, 0) is 29.5 Å². The number of halogens is 3. The zero-order valence-electron chi connectivity index (χ0n) is 10.0. The van der Waals surface area contributed by atoms with Crippen molar-refractivity contribution in [3.05, 3.63) is 35.4 Å². The highest BCUT2D eigenvalue weighted by atomic mass is 19.4. The Kier molecular flexibility index (Phi) is 2.51. The van der Waals surface area contributed by atoms with Gasteiger partial charge in [0.15, 0.2) is 0 Å². The maximum atomic E-state index is 12.4. The molecule has 0 heterocycles. The summed E-state index contributed by atoms with van der Waals surface area (Å²) in [6.07, 6.45) is -3.95. The summed E-state index contributed by atoms with van der Waals surface area (Å²) in [5.74, 6) is -0.979. The summed E-state index contributed by atoms with van der Waals surface area (Å²) in [6.45, 7) is 3.61. The first-order valence-electron chi connectivity index (χ1n) is 5.52. The first kappa shape index (κ1) is 12.9. The molecule has 0 bridgehead atoms. The Morgan fingerprint density at radius 1 is 1.22 bits per heavy atom. The van der Waals surface area contributed by atoms with Crippen LogP contribution in [0.15, 0.2) is 24.3 Å². The highest BCUT2D eigenvalue weighted by Gasteiger charge is 2.67. The molecule has 98 valence electrons. The van der Waals surface area contributed by atoms with Gasteiger partial charge in [-0.1, -0.05) is 26.0 Å². The normalized spacial score (nSPS) is 25.8. The Balaban J connectivity index is 2.39. The molecule has 0 aliphatic heterocycles. The largest absolute Gasteiger partial charge is 0.481 e. The topological polar surface area (TPSA) is 37.3 Å². The van der Waals surface area contributed by atoms with E-state index in [0.717, 1.165) is 12.1 Å². The molecule has 18 heavy (non-hydrogen) atoms. The summed E-state index contributed by atoms with van der Waals surface area (Å²) in [4.78, 5) is 11.4. The Bertz CT molecular complexity index is 488. The lowest BCUT2D eigenvalue weighted by Gasteiger charge is -2.17. The molecule has 0 amide bonds.